The molecule has 1 heterocycles. The number of allylic oxidation sites excluding steroid dienone is 1. The Hall–Kier alpha value is -4.48. The van der Waals surface area contributed by atoms with E-state index in [9.17, 15) is 9.59 Å². The second-order valence-corrected chi connectivity index (χ2v) is 12.6. The molecule has 1 aliphatic rings. The third-order valence-corrected chi connectivity index (χ3v) is 8.50. The topological polar surface area (TPSA) is 68.3 Å². The van der Waals surface area contributed by atoms with E-state index in [4.69, 9.17) is 21.3 Å². The molecule has 4 aromatic carbocycles. The number of anilines is 1. The van der Waals surface area contributed by atoms with Crippen LogP contribution in [0.5, 0.6) is 0 Å². The van der Waals surface area contributed by atoms with Crippen LogP contribution < -0.4 is 5.32 Å². The van der Waals surface area contributed by atoms with Crippen molar-refractivity contribution in [3.8, 4) is 0 Å². The molecule has 0 saturated carbocycles. The minimum Gasteiger partial charge on any atom is -0.452 e. The van der Waals surface area contributed by atoms with E-state index < -0.39 is 18.5 Å². The van der Waals surface area contributed by atoms with Crippen LogP contribution in [-0.4, -0.2) is 23.5 Å². The summed E-state index contributed by atoms with van der Waals surface area (Å²) < 4.78 is 5.72. The van der Waals surface area contributed by atoms with Gasteiger partial charge in [0.1, 0.15) is 0 Å². The number of esters is 1. The highest BCUT2D eigenvalue weighted by Gasteiger charge is 2.35. The van der Waals surface area contributed by atoms with Crippen molar-refractivity contribution >= 4 is 62.5 Å². The van der Waals surface area contributed by atoms with E-state index in [2.05, 4.69) is 32.2 Å². The number of benzene rings is 4. The van der Waals surface area contributed by atoms with Gasteiger partial charge in [-0.15, -0.1) is 0 Å². The summed E-state index contributed by atoms with van der Waals surface area (Å²) in [6, 6.07) is 28.9. The third-order valence-electron chi connectivity index (χ3n) is 8.25. The number of halogens is 1. The number of carbonyl (C=O) groups excluding carboxylic acids is 2. The van der Waals surface area contributed by atoms with Crippen molar-refractivity contribution in [3.05, 3.63) is 118 Å². The first-order valence-corrected chi connectivity index (χ1v) is 14.9. The lowest BCUT2D eigenvalue weighted by molar-refractivity contribution is -0.119. The minimum atomic E-state index is -0.525. The van der Waals surface area contributed by atoms with Crippen LogP contribution in [0.4, 0.5) is 5.69 Å². The number of carbonyl (C=O) groups is 2. The van der Waals surface area contributed by atoms with Gasteiger partial charge in [0.15, 0.2) is 6.61 Å². The Kier molecular flexibility index (Phi) is 7.76. The number of nitrogens with zero attached hydrogens (tertiary/aromatic N) is 1. The summed E-state index contributed by atoms with van der Waals surface area (Å²) in [4.78, 5) is 32.0. The number of rotatable bonds is 5. The summed E-state index contributed by atoms with van der Waals surface area (Å²) in [6.45, 7) is 6.29. The van der Waals surface area contributed by atoms with Gasteiger partial charge in [-0.1, -0.05) is 99.1 Å². The summed E-state index contributed by atoms with van der Waals surface area (Å²) in [5.74, 6) is -0.654. The standard InChI is InChI=1S/C37H33ClN2O3/c1-37(2,3)26-20-25(19-23-15-17-27(38)18-16-23)35-30(21-26)34(29-12-6-7-13-32(29)40-35)36(42)43-22-33(41)39-31-14-8-10-24-9-4-5-11-28(24)31/h4-19,26H,20-22H2,1-3H3,(H,39,41)/b25-19+/t26-/m1/s1. The SMILES string of the molecule is CC(C)(C)[C@@H]1C/C(=C\c2ccc(Cl)cc2)c2nc3ccccc3c(C(=O)OCC(=O)Nc3cccc4ccccc34)c2C1. The van der Waals surface area contributed by atoms with E-state index in [1.807, 2.05) is 91.0 Å². The number of pyridine rings is 1. The highest BCUT2D eigenvalue weighted by Crippen LogP contribution is 2.45. The molecule has 0 aliphatic heterocycles. The first kappa shape index (κ1) is 28.6. The van der Waals surface area contributed by atoms with E-state index in [1.54, 1.807) is 0 Å². The van der Waals surface area contributed by atoms with Gasteiger partial charge >= 0.3 is 5.97 Å². The molecule has 0 spiro atoms. The smallest absolute Gasteiger partial charge is 0.339 e. The van der Waals surface area contributed by atoms with Crippen molar-refractivity contribution in [1.29, 1.82) is 0 Å². The number of nitrogens with one attached hydrogen (secondary N) is 1. The Morgan fingerprint density at radius 3 is 2.37 bits per heavy atom. The number of amides is 1. The van der Waals surface area contributed by atoms with Gasteiger partial charge in [-0.3, -0.25) is 4.79 Å². The highest BCUT2D eigenvalue weighted by molar-refractivity contribution is 6.30. The largest absolute Gasteiger partial charge is 0.452 e. The fourth-order valence-electron chi connectivity index (χ4n) is 5.85. The summed E-state index contributed by atoms with van der Waals surface area (Å²) in [7, 11) is 0. The monoisotopic (exact) mass is 588 g/mol. The van der Waals surface area contributed by atoms with E-state index in [0.29, 0.717) is 28.2 Å². The van der Waals surface area contributed by atoms with Crippen LogP contribution in [0.15, 0.2) is 91.0 Å². The van der Waals surface area contributed by atoms with Crippen LogP contribution in [0.3, 0.4) is 0 Å². The van der Waals surface area contributed by atoms with Crippen molar-refractivity contribution in [3.63, 3.8) is 0 Å². The van der Waals surface area contributed by atoms with Crippen LogP contribution in [0.1, 0.15) is 54.4 Å². The van der Waals surface area contributed by atoms with Gasteiger partial charge in [0.2, 0.25) is 0 Å². The predicted molar refractivity (Wildman–Crippen MR) is 175 cm³/mol. The van der Waals surface area contributed by atoms with E-state index in [0.717, 1.165) is 45.0 Å². The molecule has 43 heavy (non-hydrogen) atoms. The molecule has 1 aliphatic carbocycles. The maximum Gasteiger partial charge on any atom is 0.339 e. The number of fused-ring (bicyclic) bond motifs is 3. The predicted octanol–water partition coefficient (Wildman–Crippen LogP) is 8.99. The van der Waals surface area contributed by atoms with Crippen LogP contribution in [0.25, 0.3) is 33.3 Å². The Morgan fingerprint density at radius 2 is 1.60 bits per heavy atom. The average Bonchev–Trinajstić information content (AvgIpc) is 2.99. The van der Waals surface area contributed by atoms with Crippen LogP contribution >= 0.6 is 11.6 Å². The normalized spacial score (nSPS) is 15.8. The maximum absolute atomic E-state index is 13.9. The van der Waals surface area contributed by atoms with Crippen molar-refractivity contribution in [2.45, 2.75) is 33.6 Å². The van der Waals surface area contributed by atoms with Gasteiger partial charge in [-0.2, -0.15) is 0 Å². The molecule has 6 rings (SSSR count). The lowest BCUT2D eigenvalue weighted by Crippen LogP contribution is -2.29. The van der Waals surface area contributed by atoms with Crippen LogP contribution in [-0.2, 0) is 16.0 Å². The molecule has 5 nitrogen and oxygen atoms in total. The zero-order chi connectivity index (χ0) is 30.1. The van der Waals surface area contributed by atoms with Gasteiger partial charge in [-0.25, -0.2) is 9.78 Å². The first-order valence-electron chi connectivity index (χ1n) is 14.5. The summed E-state index contributed by atoms with van der Waals surface area (Å²) in [5, 5.41) is 6.25. The molecule has 0 bridgehead atoms. The highest BCUT2D eigenvalue weighted by atomic mass is 35.5. The molecule has 0 fully saturated rings. The molecule has 216 valence electrons. The van der Waals surface area contributed by atoms with E-state index in [1.165, 1.54) is 0 Å². The van der Waals surface area contributed by atoms with E-state index >= 15 is 0 Å². The molecular weight excluding hydrogens is 556 g/mol. The molecule has 0 radical (unpaired) electrons. The number of hydrogen-bond acceptors (Lipinski definition) is 4. The Balaban J connectivity index is 1.36. The fraction of sp³-hybridized carbons (Fsp3) is 0.216. The Morgan fingerprint density at radius 1 is 0.907 bits per heavy atom. The molecule has 1 atom stereocenters. The molecule has 0 saturated heterocycles. The van der Waals surface area contributed by atoms with Gasteiger partial charge in [-0.05, 0) is 76.6 Å². The Bertz CT molecular complexity index is 1880. The van der Waals surface area contributed by atoms with Gasteiger partial charge in [0.05, 0.1) is 16.8 Å². The van der Waals surface area contributed by atoms with Crippen molar-refractivity contribution in [2.75, 3.05) is 11.9 Å². The molecule has 0 unspecified atom stereocenters. The van der Waals surface area contributed by atoms with Crippen molar-refractivity contribution < 1.29 is 14.3 Å². The van der Waals surface area contributed by atoms with Crippen LogP contribution in [0, 0.1) is 11.3 Å². The second-order valence-electron chi connectivity index (χ2n) is 12.2. The maximum atomic E-state index is 13.9. The second kappa shape index (κ2) is 11.7. The minimum absolute atomic E-state index is 0.0120. The zero-order valence-corrected chi connectivity index (χ0v) is 25.2. The van der Waals surface area contributed by atoms with E-state index in [-0.39, 0.29) is 11.3 Å². The van der Waals surface area contributed by atoms with Gasteiger partial charge < -0.3 is 10.1 Å². The molecule has 1 aromatic heterocycles. The van der Waals surface area contributed by atoms with Gasteiger partial charge in [0.25, 0.3) is 5.91 Å². The zero-order valence-electron chi connectivity index (χ0n) is 24.5. The first-order chi connectivity index (χ1) is 20.7. The lowest BCUT2D eigenvalue weighted by Gasteiger charge is -2.36. The fourth-order valence-corrected chi connectivity index (χ4v) is 5.98. The quantitative estimate of drug-likeness (QED) is 0.208. The molecular formula is C37H33ClN2O3. The Labute approximate surface area is 256 Å². The molecule has 1 N–H and O–H groups in total. The molecule has 5 aromatic rings. The molecule has 6 heteroatoms. The van der Waals surface area contributed by atoms with Crippen LogP contribution in [0.2, 0.25) is 5.02 Å². The summed E-state index contributed by atoms with van der Waals surface area (Å²) in [6.07, 6.45) is 3.65. The van der Waals surface area contributed by atoms with Crippen molar-refractivity contribution in [1.82, 2.24) is 4.98 Å². The molecule has 1 amide bonds. The number of hydrogen-bond donors (Lipinski definition) is 1. The average molecular weight is 589 g/mol. The summed E-state index contributed by atoms with van der Waals surface area (Å²) >= 11 is 6.15. The number of para-hydroxylation sites is 1. The van der Waals surface area contributed by atoms with Gasteiger partial charge in [0, 0.05) is 21.5 Å². The number of aromatic nitrogens is 1. The summed E-state index contributed by atoms with van der Waals surface area (Å²) in [5.41, 5.74) is 5.61. The third kappa shape index (κ3) is 6.04. The van der Waals surface area contributed by atoms with Crippen molar-refractivity contribution in [2.24, 2.45) is 11.3 Å². The number of ether oxygens (including phenoxy) is 1. The lowest BCUT2D eigenvalue weighted by atomic mass is 9.69.